The molecule has 1 aromatic heterocycles. The molecule has 2 heterocycles. The SMILES string of the molecule is C=CC(CC(=O)N1CCC(N(C)Cc2nccc(N)n2)C1)c1ccccc1. The second-order valence-corrected chi connectivity index (χ2v) is 7.05. The van der Waals surface area contributed by atoms with Crippen molar-refractivity contribution in [3.63, 3.8) is 0 Å². The van der Waals surface area contributed by atoms with Gasteiger partial charge in [0.25, 0.3) is 0 Å². The monoisotopic (exact) mass is 365 g/mol. The lowest BCUT2D eigenvalue weighted by molar-refractivity contribution is -0.130. The zero-order valence-corrected chi connectivity index (χ0v) is 15.8. The van der Waals surface area contributed by atoms with Crippen molar-refractivity contribution in [2.75, 3.05) is 25.9 Å². The van der Waals surface area contributed by atoms with Gasteiger partial charge in [0.1, 0.15) is 11.6 Å². The van der Waals surface area contributed by atoms with E-state index in [9.17, 15) is 4.79 Å². The molecule has 2 unspecified atom stereocenters. The third kappa shape index (κ3) is 4.92. The summed E-state index contributed by atoms with van der Waals surface area (Å²) in [4.78, 5) is 25.5. The standard InChI is InChI=1S/C21H27N5O/c1-3-16(17-7-5-4-6-8-17)13-21(27)26-12-10-18(14-26)25(2)15-20-23-11-9-19(22)24-20/h3-9,11,16,18H,1,10,12-15H2,2H3,(H2,22,23,24). The van der Waals surface area contributed by atoms with Crippen LogP contribution in [0, 0.1) is 0 Å². The van der Waals surface area contributed by atoms with Crippen LogP contribution in [0.5, 0.6) is 0 Å². The minimum atomic E-state index is 0.0520. The van der Waals surface area contributed by atoms with Crippen molar-refractivity contribution in [3.05, 3.63) is 66.6 Å². The Morgan fingerprint density at radius 2 is 2.19 bits per heavy atom. The lowest BCUT2D eigenvalue weighted by Crippen LogP contribution is -2.36. The number of hydrogen-bond donors (Lipinski definition) is 1. The van der Waals surface area contributed by atoms with Gasteiger partial charge in [0, 0.05) is 37.7 Å². The largest absolute Gasteiger partial charge is 0.384 e. The fourth-order valence-corrected chi connectivity index (χ4v) is 3.53. The minimum absolute atomic E-state index is 0.0520. The number of carbonyl (C=O) groups is 1. The molecule has 27 heavy (non-hydrogen) atoms. The third-order valence-corrected chi connectivity index (χ3v) is 5.16. The van der Waals surface area contributed by atoms with Crippen molar-refractivity contribution in [2.24, 2.45) is 0 Å². The topological polar surface area (TPSA) is 75.4 Å². The van der Waals surface area contributed by atoms with E-state index in [0.29, 0.717) is 30.6 Å². The third-order valence-electron chi connectivity index (χ3n) is 5.16. The number of rotatable bonds is 7. The summed E-state index contributed by atoms with van der Waals surface area (Å²) in [5.41, 5.74) is 6.86. The van der Waals surface area contributed by atoms with Crippen LogP contribution in [-0.2, 0) is 11.3 Å². The van der Waals surface area contributed by atoms with Crippen LogP contribution in [0.3, 0.4) is 0 Å². The maximum atomic E-state index is 12.8. The highest BCUT2D eigenvalue weighted by Gasteiger charge is 2.30. The highest BCUT2D eigenvalue weighted by molar-refractivity contribution is 5.77. The molecule has 142 valence electrons. The molecule has 0 aliphatic carbocycles. The maximum Gasteiger partial charge on any atom is 0.223 e. The molecule has 1 aromatic carbocycles. The number of anilines is 1. The number of allylic oxidation sites excluding steroid dienone is 1. The maximum absolute atomic E-state index is 12.8. The second kappa shape index (κ2) is 8.77. The molecule has 3 rings (SSSR count). The highest BCUT2D eigenvalue weighted by atomic mass is 16.2. The number of likely N-dealkylation sites (N-methyl/N-ethyl adjacent to an activating group) is 1. The molecule has 1 saturated heterocycles. The Balaban J connectivity index is 1.55. The summed E-state index contributed by atoms with van der Waals surface area (Å²) in [7, 11) is 2.04. The van der Waals surface area contributed by atoms with Crippen molar-refractivity contribution >= 4 is 11.7 Å². The number of hydrogen-bond acceptors (Lipinski definition) is 5. The number of nitrogens with two attached hydrogens (primary N) is 1. The zero-order valence-electron chi connectivity index (χ0n) is 15.8. The average Bonchev–Trinajstić information content (AvgIpc) is 3.17. The van der Waals surface area contributed by atoms with Crippen molar-refractivity contribution < 1.29 is 4.79 Å². The second-order valence-electron chi connectivity index (χ2n) is 7.05. The van der Waals surface area contributed by atoms with Crippen LogP contribution in [0.25, 0.3) is 0 Å². The summed E-state index contributed by atoms with van der Waals surface area (Å²) in [6.07, 6.45) is 4.95. The van der Waals surface area contributed by atoms with E-state index < -0.39 is 0 Å². The molecule has 6 heteroatoms. The lowest BCUT2D eigenvalue weighted by atomic mass is 9.95. The Bertz CT molecular complexity index is 779. The van der Waals surface area contributed by atoms with E-state index in [-0.39, 0.29) is 11.8 Å². The van der Waals surface area contributed by atoms with Crippen LogP contribution in [0.1, 0.15) is 30.1 Å². The Kier molecular flexibility index (Phi) is 6.19. The molecular weight excluding hydrogens is 338 g/mol. The fourth-order valence-electron chi connectivity index (χ4n) is 3.53. The van der Waals surface area contributed by atoms with Crippen molar-refractivity contribution in [1.82, 2.24) is 19.8 Å². The predicted octanol–water partition coefficient (Wildman–Crippen LogP) is 2.45. The first-order chi connectivity index (χ1) is 13.1. The van der Waals surface area contributed by atoms with Gasteiger partial charge in [-0.3, -0.25) is 9.69 Å². The molecule has 1 aliphatic rings. The van der Waals surface area contributed by atoms with E-state index in [1.165, 1.54) is 0 Å². The quantitative estimate of drug-likeness (QED) is 0.763. The summed E-state index contributed by atoms with van der Waals surface area (Å²) < 4.78 is 0. The van der Waals surface area contributed by atoms with E-state index in [1.54, 1.807) is 12.3 Å². The number of nitrogens with zero attached hydrogens (tertiary/aromatic N) is 4. The number of aromatic nitrogens is 2. The number of likely N-dealkylation sites (tertiary alicyclic amines) is 1. The molecule has 1 amide bonds. The summed E-state index contributed by atoms with van der Waals surface area (Å²) in [5, 5.41) is 0. The van der Waals surface area contributed by atoms with Gasteiger partial charge in [-0.15, -0.1) is 6.58 Å². The van der Waals surface area contributed by atoms with Gasteiger partial charge in [0.2, 0.25) is 5.91 Å². The molecular formula is C21H27N5O. The molecule has 0 saturated carbocycles. The van der Waals surface area contributed by atoms with E-state index in [1.807, 2.05) is 48.4 Å². The first kappa shape index (κ1) is 19.0. The Labute approximate surface area is 160 Å². The summed E-state index contributed by atoms with van der Waals surface area (Å²) in [6, 6.07) is 12.1. The van der Waals surface area contributed by atoms with Crippen LogP contribution >= 0.6 is 0 Å². The molecule has 1 aliphatic heterocycles. The first-order valence-electron chi connectivity index (χ1n) is 9.29. The van der Waals surface area contributed by atoms with E-state index in [2.05, 4.69) is 21.4 Å². The summed E-state index contributed by atoms with van der Waals surface area (Å²) in [6.45, 7) is 6.05. The molecule has 0 spiro atoms. The summed E-state index contributed by atoms with van der Waals surface area (Å²) >= 11 is 0. The smallest absolute Gasteiger partial charge is 0.223 e. The van der Waals surface area contributed by atoms with Gasteiger partial charge < -0.3 is 10.6 Å². The minimum Gasteiger partial charge on any atom is -0.384 e. The lowest BCUT2D eigenvalue weighted by Gasteiger charge is -2.24. The zero-order chi connectivity index (χ0) is 19.2. The van der Waals surface area contributed by atoms with Gasteiger partial charge in [0.05, 0.1) is 6.54 Å². The summed E-state index contributed by atoms with van der Waals surface area (Å²) in [5.74, 6) is 1.42. The molecule has 2 N–H and O–H groups in total. The molecule has 2 aromatic rings. The van der Waals surface area contributed by atoms with Crippen molar-refractivity contribution in [3.8, 4) is 0 Å². The fraction of sp³-hybridized carbons (Fsp3) is 0.381. The number of nitrogen functional groups attached to an aromatic ring is 1. The Hall–Kier alpha value is -2.73. The number of benzene rings is 1. The van der Waals surface area contributed by atoms with Crippen LogP contribution < -0.4 is 5.73 Å². The molecule has 2 atom stereocenters. The van der Waals surface area contributed by atoms with E-state index >= 15 is 0 Å². The van der Waals surface area contributed by atoms with Gasteiger partial charge in [-0.1, -0.05) is 36.4 Å². The van der Waals surface area contributed by atoms with Crippen molar-refractivity contribution in [2.45, 2.75) is 31.3 Å². The number of carbonyl (C=O) groups excluding carboxylic acids is 1. The molecule has 0 radical (unpaired) electrons. The van der Waals surface area contributed by atoms with Gasteiger partial charge in [-0.05, 0) is 25.1 Å². The predicted molar refractivity (Wildman–Crippen MR) is 107 cm³/mol. The van der Waals surface area contributed by atoms with Gasteiger partial charge in [-0.25, -0.2) is 9.97 Å². The molecule has 6 nitrogen and oxygen atoms in total. The van der Waals surface area contributed by atoms with Crippen LogP contribution in [-0.4, -0.2) is 51.9 Å². The van der Waals surface area contributed by atoms with Crippen LogP contribution in [0.2, 0.25) is 0 Å². The van der Waals surface area contributed by atoms with Gasteiger partial charge >= 0.3 is 0 Å². The van der Waals surface area contributed by atoms with Gasteiger partial charge in [-0.2, -0.15) is 0 Å². The Morgan fingerprint density at radius 1 is 1.41 bits per heavy atom. The van der Waals surface area contributed by atoms with E-state index in [4.69, 9.17) is 5.73 Å². The first-order valence-corrected chi connectivity index (χ1v) is 9.29. The molecule has 1 fully saturated rings. The molecule has 0 bridgehead atoms. The highest BCUT2D eigenvalue weighted by Crippen LogP contribution is 2.24. The van der Waals surface area contributed by atoms with E-state index in [0.717, 1.165) is 25.1 Å². The number of amides is 1. The normalized spacial score (nSPS) is 17.9. The van der Waals surface area contributed by atoms with Crippen LogP contribution in [0.4, 0.5) is 5.82 Å². The van der Waals surface area contributed by atoms with Crippen molar-refractivity contribution in [1.29, 1.82) is 0 Å². The average molecular weight is 365 g/mol. The van der Waals surface area contributed by atoms with Crippen LogP contribution in [0.15, 0.2) is 55.3 Å². The Morgan fingerprint density at radius 3 is 2.89 bits per heavy atom. The van der Waals surface area contributed by atoms with Gasteiger partial charge in [0.15, 0.2) is 0 Å².